The van der Waals surface area contributed by atoms with Crippen LogP contribution in [-0.4, -0.2) is 17.1 Å². The number of carbonyl (C=O) groups is 1. The van der Waals surface area contributed by atoms with Crippen molar-refractivity contribution in [2.45, 2.75) is 33.7 Å². The fraction of sp³-hybridized carbons (Fsp3) is 0.500. The zero-order valence-electron chi connectivity index (χ0n) is 11.2. The van der Waals surface area contributed by atoms with E-state index in [0.29, 0.717) is 11.3 Å². The first-order valence-electron chi connectivity index (χ1n) is 6.07. The molecule has 1 saturated carbocycles. The summed E-state index contributed by atoms with van der Waals surface area (Å²) in [7, 11) is 0. The average molecular weight is 248 g/mol. The molecule has 18 heavy (non-hydrogen) atoms. The van der Waals surface area contributed by atoms with E-state index >= 15 is 0 Å². The summed E-state index contributed by atoms with van der Waals surface area (Å²) < 4.78 is 0. The quantitative estimate of drug-likeness (QED) is 0.554. The Labute approximate surface area is 107 Å². The van der Waals surface area contributed by atoms with Gasteiger partial charge in [-0.25, -0.2) is 0 Å². The Balaban J connectivity index is 2.17. The van der Waals surface area contributed by atoms with Crippen LogP contribution in [0.1, 0.15) is 38.1 Å². The Hall–Kier alpha value is -1.71. The summed E-state index contributed by atoms with van der Waals surface area (Å²) in [5.41, 5.74) is 6.61. The number of hydrogen-bond donors (Lipinski definition) is 3. The average Bonchev–Trinajstić information content (AvgIpc) is 2.64. The normalized spacial score (nSPS) is 20.4. The molecule has 4 N–H and O–H groups in total. The number of amides is 1. The van der Waals surface area contributed by atoms with Gasteiger partial charge in [0.25, 0.3) is 5.91 Å². The highest BCUT2D eigenvalue weighted by Crippen LogP contribution is 2.62. The lowest BCUT2D eigenvalue weighted by atomic mass is 10.0. The topological polar surface area (TPSA) is 75.3 Å². The second-order valence-corrected chi connectivity index (χ2v) is 6.12. The maximum Gasteiger partial charge on any atom is 0.253 e. The van der Waals surface area contributed by atoms with Crippen LogP contribution in [0.5, 0.6) is 5.75 Å². The van der Waals surface area contributed by atoms with Crippen LogP contribution in [0.25, 0.3) is 0 Å². The summed E-state index contributed by atoms with van der Waals surface area (Å²) in [6.07, 6.45) is 0. The molecule has 1 fully saturated rings. The van der Waals surface area contributed by atoms with Crippen molar-refractivity contribution < 1.29 is 9.90 Å². The van der Waals surface area contributed by atoms with Crippen molar-refractivity contribution in [3.8, 4) is 5.75 Å². The second kappa shape index (κ2) is 3.64. The number of benzene rings is 1. The van der Waals surface area contributed by atoms with Crippen LogP contribution in [0.2, 0.25) is 0 Å². The summed E-state index contributed by atoms with van der Waals surface area (Å²) >= 11 is 0. The highest BCUT2D eigenvalue weighted by Gasteiger charge is 2.65. The number of aromatic hydroxyl groups is 1. The molecule has 0 spiro atoms. The Morgan fingerprint density at radius 1 is 1.28 bits per heavy atom. The van der Waals surface area contributed by atoms with Crippen molar-refractivity contribution in [1.29, 1.82) is 0 Å². The predicted octanol–water partition coefficient (Wildman–Crippen LogP) is 2.14. The summed E-state index contributed by atoms with van der Waals surface area (Å²) in [5, 5.41) is 12.4. The van der Waals surface area contributed by atoms with Crippen LogP contribution in [0.4, 0.5) is 5.69 Å². The maximum absolute atomic E-state index is 12.1. The third-order valence-corrected chi connectivity index (χ3v) is 4.58. The molecule has 1 aromatic rings. The molecule has 4 nitrogen and oxygen atoms in total. The van der Waals surface area contributed by atoms with Crippen molar-refractivity contribution in [2.75, 3.05) is 5.73 Å². The van der Waals surface area contributed by atoms with Crippen LogP contribution in [0.3, 0.4) is 0 Å². The van der Waals surface area contributed by atoms with Crippen molar-refractivity contribution in [2.24, 2.45) is 10.8 Å². The number of hydrogen-bond acceptors (Lipinski definition) is 3. The van der Waals surface area contributed by atoms with Crippen molar-refractivity contribution >= 4 is 11.6 Å². The Morgan fingerprint density at radius 2 is 1.83 bits per heavy atom. The standard InChI is InChI=1S/C14H20N2O2/c1-13(2)12(14(13,3)4)16-11(18)9-7-8(17)5-6-10(9)15/h5-7,12,17H,15H2,1-4H3,(H,16,18). The predicted molar refractivity (Wildman–Crippen MR) is 71.3 cm³/mol. The van der Waals surface area contributed by atoms with E-state index in [0.717, 1.165) is 0 Å². The van der Waals surface area contributed by atoms with Crippen LogP contribution in [-0.2, 0) is 0 Å². The van der Waals surface area contributed by atoms with E-state index in [4.69, 9.17) is 5.73 Å². The van der Waals surface area contributed by atoms with Gasteiger partial charge in [-0.05, 0) is 29.0 Å². The van der Waals surface area contributed by atoms with Gasteiger partial charge in [-0.2, -0.15) is 0 Å². The monoisotopic (exact) mass is 248 g/mol. The number of carbonyl (C=O) groups excluding carboxylic acids is 1. The first kappa shape index (κ1) is 12.7. The molecule has 0 saturated heterocycles. The molecule has 0 bridgehead atoms. The van der Waals surface area contributed by atoms with E-state index in [1.54, 1.807) is 0 Å². The first-order chi connectivity index (χ1) is 8.18. The van der Waals surface area contributed by atoms with E-state index in [9.17, 15) is 9.90 Å². The van der Waals surface area contributed by atoms with Gasteiger partial charge in [0, 0.05) is 11.7 Å². The third-order valence-electron chi connectivity index (χ3n) is 4.58. The zero-order valence-corrected chi connectivity index (χ0v) is 11.2. The lowest BCUT2D eigenvalue weighted by Gasteiger charge is -2.09. The van der Waals surface area contributed by atoms with E-state index in [1.165, 1.54) is 18.2 Å². The van der Waals surface area contributed by atoms with Crippen LogP contribution >= 0.6 is 0 Å². The van der Waals surface area contributed by atoms with Crippen molar-refractivity contribution in [3.63, 3.8) is 0 Å². The minimum absolute atomic E-state index is 0.0451. The molecule has 1 aliphatic rings. The molecule has 1 aromatic carbocycles. The van der Waals surface area contributed by atoms with E-state index < -0.39 is 0 Å². The van der Waals surface area contributed by atoms with Gasteiger partial charge < -0.3 is 16.2 Å². The molecule has 0 atom stereocenters. The molecule has 0 aliphatic heterocycles. The molecule has 0 aromatic heterocycles. The van der Waals surface area contributed by atoms with E-state index in [1.807, 2.05) is 0 Å². The molecule has 1 amide bonds. The maximum atomic E-state index is 12.1. The zero-order chi connectivity index (χ0) is 13.7. The lowest BCUT2D eigenvalue weighted by Crippen LogP contribution is -2.30. The highest BCUT2D eigenvalue weighted by molar-refractivity contribution is 6.00. The second-order valence-electron chi connectivity index (χ2n) is 6.12. The van der Waals surface area contributed by atoms with Gasteiger partial charge in [0.1, 0.15) is 5.75 Å². The third kappa shape index (κ3) is 1.72. The number of anilines is 1. The van der Waals surface area contributed by atoms with Gasteiger partial charge >= 0.3 is 0 Å². The van der Waals surface area contributed by atoms with Gasteiger partial charge in [-0.1, -0.05) is 27.7 Å². The molecule has 2 rings (SSSR count). The SMILES string of the molecule is CC1(C)C(NC(=O)c2cc(O)ccc2N)C1(C)C. The fourth-order valence-electron chi connectivity index (χ4n) is 2.51. The number of nitrogens with two attached hydrogens (primary N) is 1. The van der Waals surface area contributed by atoms with Crippen molar-refractivity contribution in [1.82, 2.24) is 5.32 Å². The number of phenols is 1. The lowest BCUT2D eigenvalue weighted by molar-refractivity contribution is 0.0944. The van der Waals surface area contributed by atoms with Crippen molar-refractivity contribution in [3.05, 3.63) is 23.8 Å². The molecule has 1 aliphatic carbocycles. The smallest absolute Gasteiger partial charge is 0.253 e. The van der Waals surface area contributed by atoms with Crippen LogP contribution < -0.4 is 11.1 Å². The van der Waals surface area contributed by atoms with Gasteiger partial charge in [0.2, 0.25) is 0 Å². The summed E-state index contributed by atoms with van der Waals surface area (Å²) in [4.78, 5) is 12.1. The minimum atomic E-state index is -0.230. The molecular formula is C14H20N2O2. The molecular weight excluding hydrogens is 228 g/mol. The largest absolute Gasteiger partial charge is 0.508 e. The Bertz CT molecular complexity index is 493. The van der Waals surface area contributed by atoms with Gasteiger partial charge in [-0.3, -0.25) is 4.79 Å². The van der Waals surface area contributed by atoms with Crippen LogP contribution in [0.15, 0.2) is 18.2 Å². The molecule has 0 radical (unpaired) electrons. The Morgan fingerprint density at radius 3 is 2.33 bits per heavy atom. The van der Waals surface area contributed by atoms with Gasteiger partial charge in [0.15, 0.2) is 0 Å². The molecule has 0 heterocycles. The van der Waals surface area contributed by atoms with E-state index in [2.05, 4.69) is 33.0 Å². The molecule has 0 unspecified atom stereocenters. The van der Waals surface area contributed by atoms with Crippen LogP contribution in [0, 0.1) is 10.8 Å². The summed E-state index contributed by atoms with van der Waals surface area (Å²) in [6.45, 7) is 8.51. The molecule has 98 valence electrons. The number of nitrogen functional groups attached to an aromatic ring is 1. The van der Waals surface area contributed by atoms with Gasteiger partial charge in [-0.15, -0.1) is 0 Å². The molecule has 4 heteroatoms. The minimum Gasteiger partial charge on any atom is -0.508 e. The Kier molecular flexibility index (Phi) is 2.58. The van der Waals surface area contributed by atoms with Gasteiger partial charge in [0.05, 0.1) is 5.56 Å². The van der Waals surface area contributed by atoms with E-state index in [-0.39, 0.29) is 28.5 Å². The highest BCUT2D eigenvalue weighted by atomic mass is 16.3. The number of rotatable bonds is 2. The first-order valence-corrected chi connectivity index (χ1v) is 6.07. The number of phenolic OH excluding ortho intramolecular Hbond substituents is 1. The summed E-state index contributed by atoms with van der Waals surface area (Å²) in [5.74, 6) is -0.185. The summed E-state index contributed by atoms with van der Waals surface area (Å²) in [6, 6.07) is 4.52. The fourth-order valence-corrected chi connectivity index (χ4v) is 2.51. The number of nitrogens with one attached hydrogen (secondary N) is 1.